The fourth-order valence-electron chi connectivity index (χ4n) is 1.98. The SMILES string of the molecule is CC(C)(C)c1ccc(C(=O)NC(=Cc2cccs2)C(=O)O)cc1. The van der Waals surface area contributed by atoms with Gasteiger partial charge in [-0.2, -0.15) is 0 Å². The van der Waals surface area contributed by atoms with Gasteiger partial charge in [-0.15, -0.1) is 11.3 Å². The second-order valence-electron chi connectivity index (χ2n) is 6.16. The van der Waals surface area contributed by atoms with Gasteiger partial charge in [0.05, 0.1) is 0 Å². The maximum absolute atomic E-state index is 12.2. The molecule has 1 heterocycles. The molecular weight excluding hydrogens is 310 g/mol. The first kappa shape index (κ1) is 17.0. The zero-order chi connectivity index (χ0) is 17.0. The van der Waals surface area contributed by atoms with Gasteiger partial charge in [0.25, 0.3) is 5.91 Å². The quantitative estimate of drug-likeness (QED) is 0.836. The molecular formula is C18H19NO3S. The van der Waals surface area contributed by atoms with E-state index in [-0.39, 0.29) is 11.1 Å². The minimum Gasteiger partial charge on any atom is -0.477 e. The van der Waals surface area contributed by atoms with E-state index in [1.807, 2.05) is 23.6 Å². The maximum atomic E-state index is 12.2. The van der Waals surface area contributed by atoms with Gasteiger partial charge < -0.3 is 10.4 Å². The van der Waals surface area contributed by atoms with Crippen LogP contribution >= 0.6 is 11.3 Å². The lowest BCUT2D eigenvalue weighted by molar-refractivity contribution is -0.132. The number of carbonyl (C=O) groups is 2. The molecule has 0 aliphatic carbocycles. The number of hydrogen-bond donors (Lipinski definition) is 2. The lowest BCUT2D eigenvalue weighted by Gasteiger charge is -2.19. The minimum absolute atomic E-state index is 0.000302. The van der Waals surface area contributed by atoms with E-state index in [0.717, 1.165) is 10.4 Å². The standard InChI is InChI=1S/C18H19NO3S/c1-18(2,3)13-8-6-12(7-9-13)16(20)19-15(17(21)22)11-14-5-4-10-23-14/h4-11H,1-3H3,(H,19,20)(H,21,22). The largest absolute Gasteiger partial charge is 0.477 e. The van der Waals surface area contributed by atoms with Crippen molar-refractivity contribution in [2.45, 2.75) is 26.2 Å². The number of aliphatic carboxylic acids is 1. The minimum atomic E-state index is -1.17. The molecule has 2 aromatic rings. The predicted octanol–water partition coefficient (Wildman–Crippen LogP) is 3.90. The molecule has 5 heteroatoms. The third kappa shape index (κ3) is 4.53. The molecule has 1 aromatic heterocycles. The normalized spacial score (nSPS) is 12.0. The highest BCUT2D eigenvalue weighted by Crippen LogP contribution is 2.22. The number of carboxylic acids is 1. The van der Waals surface area contributed by atoms with Crippen molar-refractivity contribution in [1.82, 2.24) is 5.32 Å². The molecule has 0 saturated heterocycles. The summed E-state index contributed by atoms with van der Waals surface area (Å²) in [4.78, 5) is 24.3. The summed E-state index contributed by atoms with van der Waals surface area (Å²) in [6, 6.07) is 10.8. The van der Waals surface area contributed by atoms with Gasteiger partial charge in [-0.1, -0.05) is 39.0 Å². The molecule has 0 atom stereocenters. The average molecular weight is 329 g/mol. The summed E-state index contributed by atoms with van der Waals surface area (Å²) in [6.07, 6.45) is 1.45. The van der Waals surface area contributed by atoms with Crippen molar-refractivity contribution in [1.29, 1.82) is 0 Å². The van der Waals surface area contributed by atoms with E-state index < -0.39 is 11.9 Å². The summed E-state index contributed by atoms with van der Waals surface area (Å²) in [6.45, 7) is 6.27. The molecule has 1 aromatic carbocycles. The third-order valence-corrected chi connectivity index (χ3v) is 4.14. The Bertz CT molecular complexity index is 723. The third-order valence-electron chi connectivity index (χ3n) is 3.32. The van der Waals surface area contributed by atoms with Gasteiger partial charge >= 0.3 is 5.97 Å². The van der Waals surface area contributed by atoms with Crippen molar-refractivity contribution in [3.8, 4) is 0 Å². The first-order chi connectivity index (χ1) is 10.8. The van der Waals surface area contributed by atoms with Crippen LogP contribution in [0.5, 0.6) is 0 Å². The predicted molar refractivity (Wildman–Crippen MR) is 92.5 cm³/mol. The van der Waals surface area contributed by atoms with Crippen LogP contribution in [0.3, 0.4) is 0 Å². The second-order valence-corrected chi connectivity index (χ2v) is 7.14. The Balaban J connectivity index is 2.18. The molecule has 0 bridgehead atoms. The highest BCUT2D eigenvalue weighted by atomic mass is 32.1. The molecule has 1 amide bonds. The zero-order valence-corrected chi connectivity index (χ0v) is 14.1. The Hall–Kier alpha value is -2.40. The molecule has 0 fully saturated rings. The van der Waals surface area contributed by atoms with Gasteiger partial charge in [0.2, 0.25) is 0 Å². The van der Waals surface area contributed by atoms with Gasteiger partial charge in [0.15, 0.2) is 0 Å². The molecule has 0 aliphatic heterocycles. The highest BCUT2D eigenvalue weighted by molar-refractivity contribution is 7.10. The first-order valence-electron chi connectivity index (χ1n) is 7.18. The summed E-state index contributed by atoms with van der Waals surface area (Å²) in [5.74, 6) is -1.60. The van der Waals surface area contributed by atoms with Crippen LogP contribution in [-0.2, 0) is 10.2 Å². The molecule has 0 radical (unpaired) electrons. The van der Waals surface area contributed by atoms with Crippen LogP contribution in [0, 0.1) is 0 Å². The van der Waals surface area contributed by atoms with Crippen molar-refractivity contribution in [2.24, 2.45) is 0 Å². The number of thiophene rings is 1. The van der Waals surface area contributed by atoms with Crippen molar-refractivity contribution < 1.29 is 14.7 Å². The molecule has 120 valence electrons. The van der Waals surface area contributed by atoms with E-state index in [4.69, 9.17) is 0 Å². The van der Waals surface area contributed by atoms with Crippen LogP contribution in [0.4, 0.5) is 0 Å². The maximum Gasteiger partial charge on any atom is 0.352 e. The highest BCUT2D eigenvalue weighted by Gasteiger charge is 2.16. The molecule has 0 spiro atoms. The van der Waals surface area contributed by atoms with E-state index in [1.165, 1.54) is 17.4 Å². The fourth-order valence-corrected chi connectivity index (χ4v) is 2.64. The van der Waals surface area contributed by atoms with Crippen LogP contribution in [0.1, 0.15) is 41.6 Å². The Morgan fingerprint density at radius 1 is 1.13 bits per heavy atom. The molecule has 0 aliphatic rings. The Labute approximate surface area is 139 Å². The van der Waals surface area contributed by atoms with Gasteiger partial charge in [0, 0.05) is 10.4 Å². The lowest BCUT2D eigenvalue weighted by atomic mass is 9.87. The van der Waals surface area contributed by atoms with Crippen molar-refractivity contribution in [3.63, 3.8) is 0 Å². The Morgan fingerprint density at radius 3 is 2.26 bits per heavy atom. The van der Waals surface area contributed by atoms with Gasteiger partial charge in [-0.3, -0.25) is 4.79 Å². The van der Waals surface area contributed by atoms with E-state index in [0.29, 0.717) is 5.56 Å². The lowest BCUT2D eigenvalue weighted by Crippen LogP contribution is -2.27. The summed E-state index contributed by atoms with van der Waals surface area (Å²) in [7, 11) is 0. The molecule has 23 heavy (non-hydrogen) atoms. The van der Waals surface area contributed by atoms with Crippen molar-refractivity contribution >= 4 is 29.3 Å². The molecule has 2 rings (SSSR count). The van der Waals surface area contributed by atoms with E-state index in [2.05, 4.69) is 26.1 Å². The van der Waals surface area contributed by atoms with Crippen LogP contribution in [0.15, 0.2) is 47.5 Å². The molecule has 0 saturated carbocycles. The number of carbonyl (C=O) groups excluding carboxylic acids is 1. The van der Waals surface area contributed by atoms with E-state index in [9.17, 15) is 14.7 Å². The van der Waals surface area contributed by atoms with Gasteiger partial charge in [-0.25, -0.2) is 4.79 Å². The smallest absolute Gasteiger partial charge is 0.352 e. The monoisotopic (exact) mass is 329 g/mol. The van der Waals surface area contributed by atoms with Crippen LogP contribution in [-0.4, -0.2) is 17.0 Å². The number of rotatable bonds is 4. The topological polar surface area (TPSA) is 66.4 Å². The number of nitrogens with one attached hydrogen (secondary N) is 1. The summed E-state index contributed by atoms with van der Waals surface area (Å²) in [5.41, 5.74) is 1.40. The van der Waals surface area contributed by atoms with Crippen molar-refractivity contribution in [2.75, 3.05) is 0 Å². The number of hydrogen-bond acceptors (Lipinski definition) is 3. The summed E-state index contributed by atoms with van der Waals surface area (Å²) >= 11 is 1.41. The number of benzene rings is 1. The van der Waals surface area contributed by atoms with E-state index >= 15 is 0 Å². The molecule has 4 nitrogen and oxygen atoms in total. The van der Waals surface area contributed by atoms with Crippen LogP contribution in [0.25, 0.3) is 6.08 Å². The number of amides is 1. The number of carboxylic acid groups (broad SMARTS) is 1. The van der Waals surface area contributed by atoms with Gasteiger partial charge in [0.1, 0.15) is 5.70 Å². The van der Waals surface area contributed by atoms with Gasteiger partial charge in [-0.05, 0) is 40.6 Å². The van der Waals surface area contributed by atoms with Crippen LogP contribution < -0.4 is 5.32 Å². The van der Waals surface area contributed by atoms with Crippen molar-refractivity contribution in [3.05, 3.63) is 63.5 Å². The summed E-state index contributed by atoms with van der Waals surface area (Å²) in [5, 5.41) is 13.5. The zero-order valence-electron chi connectivity index (χ0n) is 13.3. The Morgan fingerprint density at radius 2 is 1.78 bits per heavy atom. The second kappa shape index (κ2) is 6.79. The molecule has 2 N–H and O–H groups in total. The van der Waals surface area contributed by atoms with Crippen LogP contribution in [0.2, 0.25) is 0 Å². The Kier molecular flexibility index (Phi) is 5.01. The fraction of sp³-hybridized carbons (Fsp3) is 0.222. The average Bonchev–Trinajstić information content (AvgIpc) is 2.98. The van der Waals surface area contributed by atoms with E-state index in [1.54, 1.807) is 18.2 Å². The first-order valence-corrected chi connectivity index (χ1v) is 8.06. The summed E-state index contributed by atoms with van der Waals surface area (Å²) < 4.78 is 0. The molecule has 0 unspecified atom stereocenters.